The van der Waals surface area contributed by atoms with Crippen molar-refractivity contribution in [2.75, 3.05) is 0 Å². The number of nitrogens with two attached hydrogens (primary N) is 1. The Morgan fingerprint density at radius 3 is 2.50 bits per heavy atom. The largest absolute Gasteiger partial charge is 0.370 e. The highest BCUT2D eigenvalue weighted by atomic mass is 15.1. The molecule has 0 atom stereocenters. The lowest BCUT2D eigenvalue weighted by atomic mass is 9.82. The predicted octanol–water partition coefficient (Wildman–Crippen LogP) is 1.10. The van der Waals surface area contributed by atoms with Gasteiger partial charge in [-0.1, -0.05) is 6.92 Å². The second-order valence-corrected chi connectivity index (χ2v) is 4.04. The molecule has 0 unspecified atom stereocenters. The normalized spacial score (nSPS) is 30.2. The molecule has 0 aromatic carbocycles. The molecule has 0 radical (unpaired) electrons. The third kappa shape index (κ3) is 2.72. The molecule has 0 aliphatic heterocycles. The lowest BCUT2D eigenvalue weighted by molar-refractivity contribution is 0.291. The Labute approximate surface area is 74.4 Å². The first-order valence-electron chi connectivity index (χ1n) is 4.67. The van der Waals surface area contributed by atoms with Gasteiger partial charge in [-0.15, -0.1) is 0 Å². The van der Waals surface area contributed by atoms with Gasteiger partial charge in [-0.2, -0.15) is 0 Å². The first-order valence-corrected chi connectivity index (χ1v) is 4.67. The third-order valence-electron chi connectivity index (χ3n) is 2.11. The molecule has 70 valence electrons. The van der Waals surface area contributed by atoms with Crippen LogP contribution >= 0.6 is 0 Å². The summed E-state index contributed by atoms with van der Waals surface area (Å²) in [6.07, 6.45) is 2.39. The quantitative estimate of drug-likeness (QED) is 0.480. The number of nitrogens with one attached hydrogen (secondary N) is 1. The maximum atomic E-state index is 5.67. The molecule has 1 aliphatic rings. The zero-order valence-electron chi connectivity index (χ0n) is 8.17. The maximum absolute atomic E-state index is 5.67. The summed E-state index contributed by atoms with van der Waals surface area (Å²) in [6, 6.07) is 0.859. The number of hydrogen-bond acceptors (Lipinski definition) is 1. The molecule has 0 heterocycles. The van der Waals surface area contributed by atoms with Gasteiger partial charge in [-0.25, -0.2) is 0 Å². The fourth-order valence-corrected chi connectivity index (χ4v) is 1.50. The number of guanidine groups is 1. The summed E-state index contributed by atoms with van der Waals surface area (Å²) >= 11 is 0. The molecule has 1 rings (SSSR count). The highest BCUT2D eigenvalue weighted by Gasteiger charge is 2.24. The lowest BCUT2D eigenvalue weighted by Crippen LogP contribution is -2.39. The average Bonchev–Trinajstić information content (AvgIpc) is 1.82. The van der Waals surface area contributed by atoms with Gasteiger partial charge in [0.2, 0.25) is 0 Å². The Bertz CT molecular complexity index is 169. The molecule has 3 nitrogen and oxygen atoms in total. The zero-order valence-corrected chi connectivity index (χ0v) is 8.17. The van der Waals surface area contributed by atoms with Crippen molar-refractivity contribution in [1.29, 1.82) is 0 Å². The van der Waals surface area contributed by atoms with Crippen molar-refractivity contribution in [2.45, 2.75) is 45.7 Å². The van der Waals surface area contributed by atoms with Crippen LogP contribution in [0.1, 0.15) is 33.6 Å². The molecule has 1 aliphatic carbocycles. The summed E-state index contributed by atoms with van der Waals surface area (Å²) in [5.74, 6) is 1.44. The molecule has 0 bridgehead atoms. The Kier molecular flexibility index (Phi) is 2.95. The molecule has 0 aromatic heterocycles. The average molecular weight is 169 g/mol. The van der Waals surface area contributed by atoms with Crippen molar-refractivity contribution in [2.24, 2.45) is 16.6 Å². The molecule has 3 N–H and O–H groups in total. The Morgan fingerprint density at radius 1 is 1.50 bits per heavy atom. The molecular formula is C9H19N3. The van der Waals surface area contributed by atoms with Gasteiger partial charge in [0.1, 0.15) is 0 Å². The molecule has 3 heteroatoms. The number of rotatable bonds is 2. The molecule has 0 amide bonds. The fraction of sp³-hybridized carbons (Fsp3) is 0.889. The monoisotopic (exact) mass is 169 g/mol. The Hall–Kier alpha value is -0.730. The van der Waals surface area contributed by atoms with E-state index in [2.05, 4.69) is 31.1 Å². The molecular weight excluding hydrogens is 150 g/mol. The van der Waals surface area contributed by atoms with E-state index >= 15 is 0 Å². The first-order chi connectivity index (χ1) is 5.58. The molecule has 0 saturated heterocycles. The van der Waals surface area contributed by atoms with Gasteiger partial charge in [0.15, 0.2) is 5.96 Å². The lowest BCUT2D eigenvalue weighted by Gasteiger charge is -2.29. The standard InChI is InChI=1S/C9H19N3/c1-6(2)11-9(10)12-8-4-7(3)5-8/h6-8H,4-5H2,1-3H3,(H3,10,11,12). The van der Waals surface area contributed by atoms with E-state index in [1.54, 1.807) is 0 Å². The number of aliphatic imine (C=N–C) groups is 1. The number of nitrogens with zero attached hydrogens (tertiary/aromatic N) is 1. The van der Waals surface area contributed by atoms with Gasteiger partial charge < -0.3 is 11.1 Å². The highest BCUT2D eigenvalue weighted by molar-refractivity contribution is 5.78. The van der Waals surface area contributed by atoms with E-state index in [0.717, 1.165) is 5.92 Å². The Balaban J connectivity index is 2.26. The van der Waals surface area contributed by atoms with Gasteiger partial charge in [-0.05, 0) is 32.6 Å². The molecule has 0 spiro atoms. The van der Waals surface area contributed by atoms with E-state index in [1.807, 2.05) is 0 Å². The Morgan fingerprint density at radius 2 is 2.08 bits per heavy atom. The summed E-state index contributed by atoms with van der Waals surface area (Å²) in [5.41, 5.74) is 5.67. The summed E-state index contributed by atoms with van der Waals surface area (Å²) in [6.45, 7) is 6.37. The zero-order chi connectivity index (χ0) is 9.14. The van der Waals surface area contributed by atoms with Crippen molar-refractivity contribution in [3.8, 4) is 0 Å². The van der Waals surface area contributed by atoms with Crippen LogP contribution in [0.2, 0.25) is 0 Å². The molecule has 12 heavy (non-hydrogen) atoms. The van der Waals surface area contributed by atoms with Gasteiger partial charge in [-0.3, -0.25) is 4.99 Å². The van der Waals surface area contributed by atoms with Gasteiger partial charge in [0.05, 0.1) is 6.04 Å². The van der Waals surface area contributed by atoms with E-state index in [1.165, 1.54) is 12.8 Å². The summed E-state index contributed by atoms with van der Waals surface area (Å²) in [7, 11) is 0. The molecule has 1 fully saturated rings. The van der Waals surface area contributed by atoms with Crippen LogP contribution in [-0.4, -0.2) is 18.0 Å². The summed E-state index contributed by atoms with van der Waals surface area (Å²) in [4.78, 5) is 4.36. The first kappa shape index (κ1) is 9.36. The second-order valence-electron chi connectivity index (χ2n) is 4.04. The SMILES string of the molecule is CC1CC(N=C(N)NC(C)C)C1. The van der Waals surface area contributed by atoms with Crippen LogP contribution in [0.4, 0.5) is 0 Å². The topological polar surface area (TPSA) is 50.4 Å². The fourth-order valence-electron chi connectivity index (χ4n) is 1.50. The van der Waals surface area contributed by atoms with Crippen molar-refractivity contribution >= 4 is 5.96 Å². The van der Waals surface area contributed by atoms with Crippen LogP contribution in [-0.2, 0) is 0 Å². The van der Waals surface area contributed by atoms with Crippen LogP contribution in [0.25, 0.3) is 0 Å². The van der Waals surface area contributed by atoms with Crippen molar-refractivity contribution in [1.82, 2.24) is 5.32 Å². The van der Waals surface area contributed by atoms with Crippen LogP contribution in [0.15, 0.2) is 4.99 Å². The number of hydrogen-bond donors (Lipinski definition) is 2. The van der Waals surface area contributed by atoms with E-state index in [-0.39, 0.29) is 0 Å². The minimum absolute atomic E-state index is 0.381. The highest BCUT2D eigenvalue weighted by Crippen LogP contribution is 2.28. The third-order valence-corrected chi connectivity index (χ3v) is 2.11. The minimum atomic E-state index is 0.381. The van der Waals surface area contributed by atoms with Crippen LogP contribution in [0.5, 0.6) is 0 Å². The van der Waals surface area contributed by atoms with Crippen LogP contribution in [0.3, 0.4) is 0 Å². The van der Waals surface area contributed by atoms with E-state index < -0.39 is 0 Å². The van der Waals surface area contributed by atoms with Crippen LogP contribution in [0, 0.1) is 5.92 Å². The maximum Gasteiger partial charge on any atom is 0.189 e. The summed E-state index contributed by atoms with van der Waals surface area (Å²) in [5, 5.41) is 3.08. The van der Waals surface area contributed by atoms with Gasteiger partial charge in [0.25, 0.3) is 0 Å². The molecule has 1 saturated carbocycles. The second kappa shape index (κ2) is 3.78. The molecule has 0 aromatic rings. The van der Waals surface area contributed by atoms with E-state index in [9.17, 15) is 0 Å². The van der Waals surface area contributed by atoms with Gasteiger partial charge in [0, 0.05) is 6.04 Å². The van der Waals surface area contributed by atoms with Crippen molar-refractivity contribution in [3.63, 3.8) is 0 Å². The van der Waals surface area contributed by atoms with E-state index in [0.29, 0.717) is 18.0 Å². The van der Waals surface area contributed by atoms with Gasteiger partial charge >= 0.3 is 0 Å². The van der Waals surface area contributed by atoms with Crippen molar-refractivity contribution in [3.05, 3.63) is 0 Å². The minimum Gasteiger partial charge on any atom is -0.370 e. The van der Waals surface area contributed by atoms with E-state index in [4.69, 9.17) is 5.73 Å². The smallest absolute Gasteiger partial charge is 0.189 e. The van der Waals surface area contributed by atoms with Crippen LogP contribution < -0.4 is 11.1 Å². The van der Waals surface area contributed by atoms with Crippen molar-refractivity contribution < 1.29 is 0 Å². The predicted molar refractivity (Wildman–Crippen MR) is 52.1 cm³/mol. The summed E-state index contributed by atoms with van der Waals surface area (Å²) < 4.78 is 0.